The lowest BCUT2D eigenvalue weighted by atomic mass is 10.1. The van der Waals surface area contributed by atoms with E-state index in [2.05, 4.69) is 0 Å². The zero-order valence-electron chi connectivity index (χ0n) is 9.00. The molecule has 0 atom stereocenters. The van der Waals surface area contributed by atoms with Crippen molar-refractivity contribution in [2.75, 3.05) is 13.2 Å². The van der Waals surface area contributed by atoms with Crippen LogP contribution in [0.4, 0.5) is 0 Å². The van der Waals surface area contributed by atoms with Gasteiger partial charge in [0.25, 0.3) is 0 Å². The molecule has 0 saturated heterocycles. The van der Waals surface area contributed by atoms with Gasteiger partial charge in [-0.15, -0.1) is 0 Å². The Morgan fingerprint density at radius 1 is 1.35 bits per heavy atom. The Hall–Kier alpha value is -0.650. The predicted octanol–water partition coefficient (Wildman–Crippen LogP) is 2.49. The molecule has 1 aliphatic rings. The summed E-state index contributed by atoms with van der Waals surface area (Å²) in [6, 6.07) is 1.56. The normalized spacial score (nSPS) is 14.8. The van der Waals surface area contributed by atoms with Gasteiger partial charge in [0.2, 0.25) is 9.05 Å². The number of hydrogen-bond acceptors (Lipinski definition) is 4. The predicted molar refractivity (Wildman–Crippen MR) is 65.7 cm³/mol. The summed E-state index contributed by atoms with van der Waals surface area (Å²) in [5.41, 5.74) is 1.10. The van der Waals surface area contributed by atoms with Gasteiger partial charge in [0.1, 0.15) is 13.2 Å². The molecule has 1 heterocycles. The van der Waals surface area contributed by atoms with Crippen molar-refractivity contribution in [3.05, 3.63) is 22.2 Å². The van der Waals surface area contributed by atoms with Crippen molar-refractivity contribution in [1.82, 2.24) is 0 Å². The molecule has 1 aromatic carbocycles. The molecule has 0 fully saturated rings. The van der Waals surface area contributed by atoms with Crippen molar-refractivity contribution >= 4 is 31.3 Å². The maximum absolute atomic E-state index is 11.1. The maximum atomic E-state index is 11.1. The van der Waals surface area contributed by atoms with Crippen molar-refractivity contribution in [2.45, 2.75) is 12.7 Å². The number of halogens is 2. The molecule has 2 rings (SSSR count). The fraction of sp³-hybridized carbons (Fsp3) is 0.400. The molecule has 1 aromatic rings. The lowest BCUT2D eigenvalue weighted by Gasteiger charge is -2.22. The van der Waals surface area contributed by atoms with Crippen LogP contribution >= 0.6 is 22.3 Å². The van der Waals surface area contributed by atoms with Crippen LogP contribution in [0.1, 0.15) is 11.1 Å². The lowest BCUT2D eigenvalue weighted by molar-refractivity contribution is 0.170. The Labute approximate surface area is 109 Å². The minimum atomic E-state index is -3.66. The quantitative estimate of drug-likeness (QED) is 0.787. The van der Waals surface area contributed by atoms with Crippen LogP contribution in [0, 0.1) is 6.92 Å². The molecule has 0 aromatic heterocycles. The minimum Gasteiger partial charge on any atom is -0.486 e. The van der Waals surface area contributed by atoms with Crippen molar-refractivity contribution in [2.24, 2.45) is 0 Å². The number of benzene rings is 1. The molecule has 0 spiro atoms. The molecule has 0 aliphatic carbocycles. The Balaban J connectivity index is 2.53. The molecule has 7 heteroatoms. The number of hydrogen-bond donors (Lipinski definition) is 0. The van der Waals surface area contributed by atoms with Gasteiger partial charge in [-0.3, -0.25) is 0 Å². The summed E-state index contributed by atoms with van der Waals surface area (Å²) in [6.45, 7) is 2.62. The van der Waals surface area contributed by atoms with Gasteiger partial charge in [-0.05, 0) is 12.5 Å². The summed E-state index contributed by atoms with van der Waals surface area (Å²) in [5.74, 6) is 0.751. The molecule has 17 heavy (non-hydrogen) atoms. The van der Waals surface area contributed by atoms with Crippen LogP contribution in [0.15, 0.2) is 6.07 Å². The van der Waals surface area contributed by atoms with Crippen LogP contribution in [0.2, 0.25) is 5.02 Å². The lowest BCUT2D eigenvalue weighted by Crippen LogP contribution is -2.17. The van der Waals surface area contributed by atoms with Gasteiger partial charge in [0, 0.05) is 27.3 Å². The van der Waals surface area contributed by atoms with Crippen LogP contribution in [-0.4, -0.2) is 21.6 Å². The molecular formula is C10H10Cl2O4S. The van der Waals surface area contributed by atoms with E-state index in [0.29, 0.717) is 40.9 Å². The second-order valence-electron chi connectivity index (χ2n) is 3.67. The smallest absolute Gasteiger partial charge is 0.236 e. The molecule has 0 amide bonds. The summed E-state index contributed by atoms with van der Waals surface area (Å²) in [7, 11) is 1.58. The first-order valence-electron chi connectivity index (χ1n) is 4.88. The standard InChI is InChI=1S/C10H10Cl2O4S/c1-6-7(5-17(12,13)14)8(11)4-9-10(6)16-3-2-15-9/h4H,2-3,5H2,1H3. The molecular weight excluding hydrogens is 287 g/mol. The van der Waals surface area contributed by atoms with E-state index >= 15 is 0 Å². The van der Waals surface area contributed by atoms with Gasteiger partial charge < -0.3 is 9.47 Å². The van der Waals surface area contributed by atoms with Crippen molar-refractivity contribution in [3.63, 3.8) is 0 Å². The van der Waals surface area contributed by atoms with Gasteiger partial charge in [-0.25, -0.2) is 8.42 Å². The average Bonchev–Trinajstić information content (AvgIpc) is 2.23. The van der Waals surface area contributed by atoms with Crippen LogP contribution in [0.3, 0.4) is 0 Å². The number of ether oxygens (including phenoxy) is 2. The van der Waals surface area contributed by atoms with Crippen molar-refractivity contribution < 1.29 is 17.9 Å². The van der Waals surface area contributed by atoms with Crippen LogP contribution in [0.25, 0.3) is 0 Å². The van der Waals surface area contributed by atoms with Gasteiger partial charge >= 0.3 is 0 Å². The van der Waals surface area contributed by atoms with Crippen LogP contribution in [0.5, 0.6) is 11.5 Å². The Morgan fingerprint density at radius 2 is 2.00 bits per heavy atom. The number of rotatable bonds is 2. The summed E-state index contributed by atoms with van der Waals surface area (Å²) < 4.78 is 33.0. The first-order valence-corrected chi connectivity index (χ1v) is 7.74. The Morgan fingerprint density at radius 3 is 2.65 bits per heavy atom. The zero-order chi connectivity index (χ0) is 12.6. The number of fused-ring (bicyclic) bond motifs is 1. The third kappa shape index (κ3) is 2.78. The third-order valence-electron chi connectivity index (χ3n) is 2.47. The SMILES string of the molecule is Cc1c(CS(=O)(=O)Cl)c(Cl)cc2c1OCCO2. The van der Waals surface area contributed by atoms with E-state index in [1.807, 2.05) is 0 Å². The maximum Gasteiger partial charge on any atom is 0.236 e. The molecule has 94 valence electrons. The highest BCUT2D eigenvalue weighted by Crippen LogP contribution is 2.40. The summed E-state index contributed by atoms with van der Waals surface area (Å²) in [4.78, 5) is 0. The van der Waals surface area contributed by atoms with E-state index in [-0.39, 0.29) is 5.75 Å². The molecule has 0 radical (unpaired) electrons. The van der Waals surface area contributed by atoms with E-state index < -0.39 is 9.05 Å². The van der Waals surface area contributed by atoms with Gasteiger partial charge in [-0.2, -0.15) is 0 Å². The molecule has 0 saturated carbocycles. The van der Waals surface area contributed by atoms with Crippen LogP contribution < -0.4 is 9.47 Å². The highest BCUT2D eigenvalue weighted by molar-refractivity contribution is 8.13. The first kappa shape index (κ1) is 12.8. The summed E-state index contributed by atoms with van der Waals surface area (Å²) >= 11 is 6.01. The largest absolute Gasteiger partial charge is 0.486 e. The second-order valence-corrected chi connectivity index (χ2v) is 6.85. The van der Waals surface area contributed by atoms with Crippen molar-refractivity contribution in [1.29, 1.82) is 0 Å². The Bertz CT molecular complexity index is 554. The van der Waals surface area contributed by atoms with E-state index in [1.165, 1.54) is 0 Å². The molecule has 0 bridgehead atoms. The Kier molecular flexibility index (Phi) is 3.43. The topological polar surface area (TPSA) is 52.6 Å². The second kappa shape index (κ2) is 4.55. The van der Waals surface area contributed by atoms with Gasteiger partial charge in [0.15, 0.2) is 11.5 Å². The average molecular weight is 297 g/mol. The van der Waals surface area contributed by atoms with Crippen molar-refractivity contribution in [3.8, 4) is 11.5 Å². The monoisotopic (exact) mass is 296 g/mol. The molecule has 0 N–H and O–H groups in total. The highest BCUT2D eigenvalue weighted by atomic mass is 35.7. The van der Waals surface area contributed by atoms with Gasteiger partial charge in [-0.1, -0.05) is 11.6 Å². The highest BCUT2D eigenvalue weighted by Gasteiger charge is 2.22. The van der Waals surface area contributed by atoms with E-state index in [9.17, 15) is 8.42 Å². The first-order chi connectivity index (χ1) is 7.88. The molecule has 0 unspecified atom stereocenters. The van der Waals surface area contributed by atoms with E-state index in [1.54, 1.807) is 13.0 Å². The summed E-state index contributed by atoms with van der Waals surface area (Å²) in [6.07, 6.45) is 0. The molecule has 4 nitrogen and oxygen atoms in total. The minimum absolute atomic E-state index is 0.316. The fourth-order valence-corrected chi connectivity index (χ4v) is 3.13. The summed E-state index contributed by atoms with van der Waals surface area (Å²) in [5, 5.41) is 0.316. The van der Waals surface area contributed by atoms with Crippen LogP contribution in [-0.2, 0) is 14.8 Å². The van der Waals surface area contributed by atoms with E-state index in [4.69, 9.17) is 31.8 Å². The van der Waals surface area contributed by atoms with E-state index in [0.717, 1.165) is 0 Å². The third-order valence-corrected chi connectivity index (χ3v) is 3.77. The van der Waals surface area contributed by atoms with Gasteiger partial charge in [0.05, 0.1) is 5.75 Å². The molecule has 1 aliphatic heterocycles. The zero-order valence-corrected chi connectivity index (χ0v) is 11.3. The fourth-order valence-electron chi connectivity index (χ4n) is 1.70.